The van der Waals surface area contributed by atoms with Gasteiger partial charge in [-0.25, -0.2) is 4.79 Å². The van der Waals surface area contributed by atoms with Crippen LogP contribution in [0, 0.1) is 0 Å². The van der Waals surface area contributed by atoms with Gasteiger partial charge in [-0.2, -0.15) is 0 Å². The minimum atomic E-state index is -1.80. The number of aromatic nitrogens is 1. The van der Waals surface area contributed by atoms with E-state index in [1.54, 1.807) is 6.20 Å². The first kappa shape index (κ1) is 47.8. The fourth-order valence-corrected chi connectivity index (χ4v) is 5.28. The standard InChI is InChI=1S/C34H51N11O13/c1-16(40-28(52)19(35)11-17-12-39-20-6-3-2-5-18(17)20)27(51)43-23(13-46)32(56)44-24(14-47)31(55)41-21(7-4-10-38-34(36)37)29(53)42-22(8-9-26(49)50)30(54)45-25(15-48)33(57)58/h2-3,5-6,12,16,19,21-25,39,46-48H,4,7-11,13-15,35H2,1H3,(H,40,52)(H,41,55)(H,42,53)(H,43,51)(H,44,56)(H,45,54)(H,49,50)(H,57,58)(H4,36,37,38)/t16-,19-,21-,22-,23-,24-,25-/m0/s1. The fraction of sp³-hybridized carbons (Fsp3) is 0.500. The second kappa shape index (κ2) is 23.6. The number of carboxylic acid groups (broad SMARTS) is 2. The lowest BCUT2D eigenvalue weighted by atomic mass is 10.0. The number of carbonyl (C=O) groups excluding carboxylic acids is 6. The number of benzene rings is 1. The van der Waals surface area contributed by atoms with Crippen LogP contribution in [0.4, 0.5) is 0 Å². The lowest BCUT2D eigenvalue weighted by Gasteiger charge is -2.26. The van der Waals surface area contributed by atoms with Gasteiger partial charge in [-0.15, -0.1) is 0 Å². The normalized spacial score (nSPS) is 14.6. The second-order valence-electron chi connectivity index (χ2n) is 13.0. The van der Waals surface area contributed by atoms with Crippen molar-refractivity contribution in [2.45, 2.75) is 81.3 Å². The number of hydrogen-bond donors (Lipinski definition) is 15. The number of carboxylic acids is 2. The summed E-state index contributed by atoms with van der Waals surface area (Å²) >= 11 is 0. The number of guanidine groups is 1. The van der Waals surface area contributed by atoms with Gasteiger partial charge in [-0.05, 0) is 44.2 Å². The number of nitrogens with zero attached hydrogens (tertiary/aromatic N) is 1. The van der Waals surface area contributed by atoms with Gasteiger partial charge >= 0.3 is 11.9 Å². The second-order valence-corrected chi connectivity index (χ2v) is 13.0. The topological polar surface area (TPSA) is 416 Å². The molecule has 0 aliphatic rings. The maximum Gasteiger partial charge on any atom is 0.328 e. The maximum atomic E-state index is 13.4. The number of nitrogens with two attached hydrogens (primary N) is 3. The zero-order chi connectivity index (χ0) is 43.5. The monoisotopic (exact) mass is 821 g/mol. The molecule has 0 bridgehead atoms. The Morgan fingerprint density at radius 1 is 0.690 bits per heavy atom. The number of aliphatic imine (C=N–C) groups is 1. The SMILES string of the molecule is C[C@H](NC(=O)[C@@H](N)Cc1c[nH]c2ccccc12)C(=O)N[C@@H](CO)C(=O)N[C@@H](CO)C(=O)N[C@@H](CCCN=C(N)N)C(=O)N[C@@H](CCC(=O)O)C(=O)N[C@@H](CO)C(=O)O. The van der Waals surface area contributed by atoms with Crippen molar-refractivity contribution in [3.63, 3.8) is 0 Å². The lowest BCUT2D eigenvalue weighted by Crippen LogP contribution is -2.61. The van der Waals surface area contributed by atoms with Crippen LogP contribution in [0.15, 0.2) is 35.5 Å². The number of rotatable bonds is 25. The maximum absolute atomic E-state index is 13.4. The molecular weight excluding hydrogens is 770 g/mol. The van der Waals surface area contributed by atoms with E-state index in [1.807, 2.05) is 29.6 Å². The average Bonchev–Trinajstić information content (AvgIpc) is 3.58. The summed E-state index contributed by atoms with van der Waals surface area (Å²) in [6.45, 7) is -1.83. The predicted octanol–water partition coefficient (Wildman–Crippen LogP) is -6.05. The van der Waals surface area contributed by atoms with Gasteiger partial charge in [-0.3, -0.25) is 38.6 Å². The fourth-order valence-electron chi connectivity index (χ4n) is 5.28. The van der Waals surface area contributed by atoms with Crippen LogP contribution in [0.1, 0.15) is 38.2 Å². The predicted molar refractivity (Wildman–Crippen MR) is 203 cm³/mol. The van der Waals surface area contributed by atoms with Crippen molar-refractivity contribution in [2.75, 3.05) is 26.4 Å². The molecule has 24 heteroatoms. The smallest absolute Gasteiger partial charge is 0.328 e. The number of nitrogens with one attached hydrogen (secondary N) is 7. The van der Waals surface area contributed by atoms with Crippen molar-refractivity contribution in [3.05, 3.63) is 36.0 Å². The average molecular weight is 822 g/mol. The Bertz CT molecular complexity index is 1800. The highest BCUT2D eigenvalue weighted by atomic mass is 16.4. The van der Waals surface area contributed by atoms with Gasteiger partial charge in [0.1, 0.15) is 36.3 Å². The number of hydrogen-bond acceptors (Lipinski definition) is 13. The van der Waals surface area contributed by atoms with Crippen molar-refractivity contribution in [1.82, 2.24) is 36.9 Å². The third-order valence-electron chi connectivity index (χ3n) is 8.49. The molecule has 0 radical (unpaired) electrons. The number of fused-ring (bicyclic) bond motifs is 1. The van der Waals surface area contributed by atoms with Gasteiger partial charge in [0.15, 0.2) is 5.96 Å². The first-order valence-electron chi connectivity index (χ1n) is 17.9. The van der Waals surface area contributed by atoms with Crippen LogP contribution >= 0.6 is 0 Å². The van der Waals surface area contributed by atoms with E-state index < -0.39 is 122 Å². The molecule has 58 heavy (non-hydrogen) atoms. The van der Waals surface area contributed by atoms with Gasteiger partial charge in [0.05, 0.1) is 25.9 Å². The highest BCUT2D eigenvalue weighted by molar-refractivity contribution is 5.97. The zero-order valence-electron chi connectivity index (χ0n) is 31.5. The summed E-state index contributed by atoms with van der Waals surface area (Å²) in [7, 11) is 0. The van der Waals surface area contributed by atoms with Crippen molar-refractivity contribution < 1.29 is 63.9 Å². The molecule has 18 N–H and O–H groups in total. The number of amides is 6. The Labute approximate surface area is 330 Å². The number of para-hydroxylation sites is 1. The largest absolute Gasteiger partial charge is 0.481 e. The van der Waals surface area contributed by atoms with E-state index in [2.05, 4.69) is 36.6 Å². The lowest BCUT2D eigenvalue weighted by molar-refractivity contribution is -0.144. The molecule has 1 aromatic carbocycles. The Kier molecular flexibility index (Phi) is 19.5. The molecule has 7 atom stereocenters. The van der Waals surface area contributed by atoms with Gasteiger partial charge in [0.25, 0.3) is 0 Å². The quantitative estimate of drug-likeness (QED) is 0.0252. The van der Waals surface area contributed by atoms with Crippen LogP contribution in [-0.4, -0.2) is 153 Å². The molecule has 0 aliphatic carbocycles. The van der Waals surface area contributed by atoms with Gasteiger partial charge in [-0.1, -0.05) is 18.2 Å². The van der Waals surface area contributed by atoms with E-state index in [4.69, 9.17) is 22.3 Å². The minimum absolute atomic E-state index is 0.0330. The van der Waals surface area contributed by atoms with Crippen molar-refractivity contribution in [3.8, 4) is 0 Å². The molecule has 6 amide bonds. The van der Waals surface area contributed by atoms with Crippen LogP contribution in [0.2, 0.25) is 0 Å². The summed E-state index contributed by atoms with van der Waals surface area (Å²) < 4.78 is 0. The number of H-pyrrole nitrogens is 1. The molecular formula is C34H51N11O13. The highest BCUT2D eigenvalue weighted by Crippen LogP contribution is 2.18. The Hall–Kier alpha value is -6.37. The summed E-state index contributed by atoms with van der Waals surface area (Å²) in [4.78, 5) is 108. The highest BCUT2D eigenvalue weighted by Gasteiger charge is 2.33. The van der Waals surface area contributed by atoms with Crippen LogP contribution in [0.25, 0.3) is 10.9 Å². The van der Waals surface area contributed by atoms with Crippen molar-refractivity contribution >= 4 is 64.2 Å². The first-order valence-corrected chi connectivity index (χ1v) is 17.9. The van der Waals surface area contributed by atoms with Crippen LogP contribution in [0.5, 0.6) is 0 Å². The van der Waals surface area contributed by atoms with E-state index in [1.165, 1.54) is 6.92 Å². The molecule has 320 valence electrons. The van der Waals surface area contributed by atoms with E-state index in [-0.39, 0.29) is 31.8 Å². The van der Waals surface area contributed by atoms with E-state index in [0.29, 0.717) is 0 Å². The number of aliphatic carboxylic acids is 2. The van der Waals surface area contributed by atoms with E-state index in [0.717, 1.165) is 16.5 Å². The van der Waals surface area contributed by atoms with Gasteiger partial charge in [0.2, 0.25) is 35.4 Å². The molecule has 1 heterocycles. The molecule has 1 aromatic heterocycles. The number of aliphatic hydroxyl groups excluding tert-OH is 3. The molecule has 2 aromatic rings. The van der Waals surface area contributed by atoms with Crippen molar-refractivity contribution in [2.24, 2.45) is 22.2 Å². The first-order chi connectivity index (χ1) is 27.4. The molecule has 0 aliphatic heterocycles. The number of carbonyl (C=O) groups is 8. The van der Waals surface area contributed by atoms with Crippen LogP contribution in [0.3, 0.4) is 0 Å². The van der Waals surface area contributed by atoms with Crippen LogP contribution < -0.4 is 49.1 Å². The number of aromatic amines is 1. The van der Waals surface area contributed by atoms with Crippen molar-refractivity contribution in [1.29, 1.82) is 0 Å². The molecule has 0 unspecified atom stereocenters. The van der Waals surface area contributed by atoms with Gasteiger partial charge < -0.3 is 79.6 Å². The summed E-state index contributed by atoms with van der Waals surface area (Å²) in [5.74, 6) is -9.45. The Balaban J connectivity index is 2.11. The van der Waals surface area contributed by atoms with Gasteiger partial charge in [0, 0.05) is 30.1 Å². The Morgan fingerprint density at radius 2 is 1.19 bits per heavy atom. The minimum Gasteiger partial charge on any atom is -0.481 e. The molecule has 24 nitrogen and oxygen atoms in total. The zero-order valence-corrected chi connectivity index (χ0v) is 31.5. The third-order valence-corrected chi connectivity index (χ3v) is 8.49. The summed E-state index contributed by atoms with van der Waals surface area (Å²) in [6.07, 6.45) is 0.446. The summed E-state index contributed by atoms with van der Waals surface area (Å²) in [5, 5.41) is 61.6. The molecule has 0 saturated heterocycles. The third kappa shape index (κ3) is 15.3. The summed E-state index contributed by atoms with van der Waals surface area (Å²) in [5.41, 5.74) is 18.3. The van der Waals surface area contributed by atoms with Crippen LogP contribution in [-0.2, 0) is 44.8 Å². The van der Waals surface area contributed by atoms with E-state index >= 15 is 0 Å². The Morgan fingerprint density at radius 3 is 1.72 bits per heavy atom. The van der Waals surface area contributed by atoms with E-state index in [9.17, 15) is 58.8 Å². The summed E-state index contributed by atoms with van der Waals surface area (Å²) in [6, 6.07) is -3.45. The molecule has 2 rings (SSSR count). The molecule has 0 spiro atoms. The molecule has 0 fully saturated rings. The number of aliphatic hydroxyl groups is 3. The molecule has 0 saturated carbocycles.